The van der Waals surface area contributed by atoms with E-state index in [0.29, 0.717) is 10.0 Å². The predicted molar refractivity (Wildman–Crippen MR) is 115 cm³/mol. The Morgan fingerprint density at radius 3 is 2.04 bits per heavy atom. The van der Waals surface area contributed by atoms with Gasteiger partial charge in [0.05, 0.1) is 5.56 Å². The van der Waals surface area contributed by atoms with Gasteiger partial charge in [-0.25, -0.2) is 10.3 Å². The van der Waals surface area contributed by atoms with E-state index in [2.05, 4.69) is 40.6 Å². The molecule has 4 aromatic rings. The molecular weight excluding hydrogens is 375 g/mol. The van der Waals surface area contributed by atoms with Crippen LogP contribution < -0.4 is 10.3 Å². The molecule has 0 heterocycles. The molecule has 0 bridgehead atoms. The molecule has 0 aliphatic carbocycles. The lowest BCUT2D eigenvalue weighted by atomic mass is 10.0. The second-order valence-electron chi connectivity index (χ2n) is 6.17. The molecular formula is C23H17Cl2N2+. The van der Waals surface area contributed by atoms with Gasteiger partial charge < -0.3 is 0 Å². The van der Waals surface area contributed by atoms with Crippen molar-refractivity contribution in [3.63, 3.8) is 0 Å². The first-order chi connectivity index (χ1) is 13.2. The van der Waals surface area contributed by atoms with Crippen molar-refractivity contribution >= 4 is 51.2 Å². The summed E-state index contributed by atoms with van der Waals surface area (Å²) in [5.41, 5.74) is 2.98. The van der Waals surface area contributed by atoms with Crippen molar-refractivity contribution in [2.24, 2.45) is 0 Å². The van der Waals surface area contributed by atoms with Gasteiger partial charge in [-0.3, -0.25) is 0 Å². The Kier molecular flexibility index (Phi) is 5.10. The average Bonchev–Trinajstić information content (AvgIpc) is 2.70. The van der Waals surface area contributed by atoms with Crippen LogP contribution in [-0.2, 0) is 0 Å². The highest BCUT2D eigenvalue weighted by molar-refractivity contribution is 6.31. The van der Waals surface area contributed by atoms with Gasteiger partial charge in [-0.1, -0.05) is 59.6 Å². The SMILES string of the molecule is Clc1ccc(NC(=[NH+]c2ccc(Cl)cc2)c2cccc3ccccc23)cc1. The fraction of sp³-hybridized carbons (Fsp3) is 0. The molecule has 4 heteroatoms. The standard InChI is InChI=1S/C23H16Cl2N2/c24-17-8-12-19(13-9-17)26-23(27-20-14-10-18(25)11-15-20)22-7-3-5-16-4-1-2-6-21(16)22/h1-15H,(H,26,27)/p+1. The van der Waals surface area contributed by atoms with E-state index in [-0.39, 0.29) is 0 Å². The van der Waals surface area contributed by atoms with Crippen LogP contribution >= 0.6 is 23.2 Å². The first kappa shape index (κ1) is 17.6. The van der Waals surface area contributed by atoms with E-state index in [1.807, 2.05) is 60.7 Å². The van der Waals surface area contributed by atoms with Crippen molar-refractivity contribution in [1.82, 2.24) is 0 Å². The summed E-state index contributed by atoms with van der Waals surface area (Å²) >= 11 is 12.1. The summed E-state index contributed by atoms with van der Waals surface area (Å²) in [6, 6.07) is 29.9. The minimum absolute atomic E-state index is 0.706. The van der Waals surface area contributed by atoms with E-state index in [4.69, 9.17) is 23.2 Å². The number of fused-ring (bicyclic) bond motifs is 1. The van der Waals surface area contributed by atoms with Gasteiger partial charge in [-0.05, 0) is 65.4 Å². The van der Waals surface area contributed by atoms with Crippen molar-refractivity contribution in [3.05, 3.63) is 107 Å². The number of amidine groups is 1. The van der Waals surface area contributed by atoms with Crippen LogP contribution in [0.3, 0.4) is 0 Å². The van der Waals surface area contributed by atoms with E-state index in [1.165, 1.54) is 5.39 Å². The van der Waals surface area contributed by atoms with Crippen LogP contribution in [0.1, 0.15) is 5.56 Å². The highest BCUT2D eigenvalue weighted by Crippen LogP contribution is 2.20. The summed E-state index contributed by atoms with van der Waals surface area (Å²) in [7, 11) is 0. The Balaban J connectivity index is 1.84. The summed E-state index contributed by atoms with van der Waals surface area (Å²) in [6.45, 7) is 0. The van der Waals surface area contributed by atoms with Gasteiger partial charge >= 0.3 is 0 Å². The molecule has 0 radical (unpaired) electrons. The molecule has 0 amide bonds. The highest BCUT2D eigenvalue weighted by Gasteiger charge is 2.15. The predicted octanol–water partition coefficient (Wildman–Crippen LogP) is 5.42. The van der Waals surface area contributed by atoms with Crippen LogP contribution in [0.15, 0.2) is 91.0 Å². The number of benzene rings is 4. The fourth-order valence-corrected chi connectivity index (χ4v) is 3.22. The Morgan fingerprint density at radius 2 is 1.30 bits per heavy atom. The number of rotatable bonds is 3. The van der Waals surface area contributed by atoms with Crippen LogP contribution in [0.2, 0.25) is 10.0 Å². The highest BCUT2D eigenvalue weighted by atomic mass is 35.5. The van der Waals surface area contributed by atoms with Gasteiger partial charge in [0.1, 0.15) is 11.4 Å². The third kappa shape index (κ3) is 4.13. The first-order valence-corrected chi connectivity index (χ1v) is 9.35. The third-order valence-corrected chi connectivity index (χ3v) is 4.79. The van der Waals surface area contributed by atoms with Gasteiger partial charge in [0.25, 0.3) is 5.84 Å². The summed E-state index contributed by atoms with van der Waals surface area (Å²) in [6.07, 6.45) is 0. The lowest BCUT2D eigenvalue weighted by Gasteiger charge is -2.08. The van der Waals surface area contributed by atoms with E-state index >= 15 is 0 Å². The van der Waals surface area contributed by atoms with Crippen LogP contribution in [0.5, 0.6) is 0 Å². The van der Waals surface area contributed by atoms with Crippen molar-refractivity contribution < 1.29 is 4.99 Å². The zero-order valence-corrected chi connectivity index (χ0v) is 15.9. The first-order valence-electron chi connectivity index (χ1n) is 8.59. The van der Waals surface area contributed by atoms with E-state index in [0.717, 1.165) is 28.2 Å². The molecule has 2 nitrogen and oxygen atoms in total. The fourth-order valence-electron chi connectivity index (χ4n) is 2.96. The van der Waals surface area contributed by atoms with Gasteiger partial charge in [0, 0.05) is 10.0 Å². The van der Waals surface area contributed by atoms with Crippen molar-refractivity contribution in [2.75, 3.05) is 5.32 Å². The van der Waals surface area contributed by atoms with Crippen molar-refractivity contribution in [1.29, 1.82) is 0 Å². The van der Waals surface area contributed by atoms with Gasteiger partial charge in [0.2, 0.25) is 0 Å². The zero-order valence-electron chi connectivity index (χ0n) is 14.4. The lowest BCUT2D eigenvalue weighted by molar-refractivity contribution is -0.352. The monoisotopic (exact) mass is 391 g/mol. The van der Waals surface area contributed by atoms with Gasteiger partial charge in [0.15, 0.2) is 0 Å². The number of anilines is 1. The Bertz CT molecular complexity index is 1100. The molecule has 0 fully saturated rings. The van der Waals surface area contributed by atoms with Crippen LogP contribution in [0.4, 0.5) is 11.4 Å². The molecule has 0 aliphatic rings. The van der Waals surface area contributed by atoms with Crippen LogP contribution in [-0.4, -0.2) is 5.84 Å². The molecule has 4 aromatic carbocycles. The minimum Gasteiger partial charge on any atom is -0.240 e. The molecule has 4 rings (SSSR count). The molecule has 0 aromatic heterocycles. The third-order valence-electron chi connectivity index (χ3n) is 4.29. The Labute approximate surface area is 168 Å². The molecule has 132 valence electrons. The number of nitrogens with one attached hydrogen (secondary N) is 2. The molecule has 0 saturated carbocycles. The number of hydrogen-bond donors (Lipinski definition) is 2. The topological polar surface area (TPSA) is 26.0 Å². The lowest BCUT2D eigenvalue weighted by Crippen LogP contribution is -2.68. The largest absolute Gasteiger partial charge is 0.285 e. The molecule has 0 saturated heterocycles. The Hall–Kier alpha value is -2.81. The van der Waals surface area contributed by atoms with Gasteiger partial charge in [-0.15, -0.1) is 0 Å². The van der Waals surface area contributed by atoms with Crippen molar-refractivity contribution in [3.8, 4) is 0 Å². The zero-order chi connectivity index (χ0) is 18.6. The summed E-state index contributed by atoms with van der Waals surface area (Å²) in [5.74, 6) is 0.886. The van der Waals surface area contributed by atoms with E-state index in [1.54, 1.807) is 0 Å². The van der Waals surface area contributed by atoms with Gasteiger partial charge in [-0.2, -0.15) is 0 Å². The average molecular weight is 392 g/mol. The van der Waals surface area contributed by atoms with Crippen molar-refractivity contribution in [2.45, 2.75) is 0 Å². The minimum atomic E-state index is 0.706. The van der Waals surface area contributed by atoms with Crippen LogP contribution in [0, 0.1) is 0 Å². The van der Waals surface area contributed by atoms with E-state index < -0.39 is 0 Å². The summed E-state index contributed by atoms with van der Waals surface area (Å²) in [5, 5.41) is 7.25. The number of halogens is 2. The smallest absolute Gasteiger partial charge is 0.240 e. The van der Waals surface area contributed by atoms with E-state index in [9.17, 15) is 0 Å². The molecule has 0 atom stereocenters. The molecule has 0 aliphatic heterocycles. The normalized spacial score (nSPS) is 11.6. The quantitative estimate of drug-likeness (QED) is 0.354. The number of hydrogen-bond acceptors (Lipinski definition) is 0. The molecule has 0 spiro atoms. The molecule has 2 N–H and O–H groups in total. The maximum absolute atomic E-state index is 6.03. The second kappa shape index (κ2) is 7.83. The Morgan fingerprint density at radius 1 is 0.667 bits per heavy atom. The maximum atomic E-state index is 6.03. The summed E-state index contributed by atoms with van der Waals surface area (Å²) in [4.78, 5) is 3.49. The van der Waals surface area contributed by atoms with Crippen LogP contribution in [0.25, 0.3) is 10.8 Å². The second-order valence-corrected chi connectivity index (χ2v) is 7.04. The molecule has 27 heavy (non-hydrogen) atoms. The maximum Gasteiger partial charge on any atom is 0.285 e. The molecule has 0 unspecified atom stereocenters. The summed E-state index contributed by atoms with van der Waals surface area (Å²) < 4.78 is 0.